The smallest absolute Gasteiger partial charge is 0.181 e. The standard InChI is InChI=1S/C10H16NO.ClH/c1-2-5-10-6-3-4-7-11(10)8-9-12;/h3-4,6-7,12H,2,5,8-9H2,1H3;1H/q+1;/p-1. The van der Waals surface area contributed by atoms with Crippen LogP contribution in [0.3, 0.4) is 0 Å². The third-order valence-corrected chi connectivity index (χ3v) is 1.88. The van der Waals surface area contributed by atoms with Crippen molar-refractivity contribution in [3.8, 4) is 0 Å². The van der Waals surface area contributed by atoms with Crippen molar-refractivity contribution in [2.24, 2.45) is 0 Å². The fraction of sp³-hybridized carbons (Fsp3) is 0.500. The third-order valence-electron chi connectivity index (χ3n) is 1.88. The van der Waals surface area contributed by atoms with Crippen LogP contribution in [0.4, 0.5) is 0 Å². The van der Waals surface area contributed by atoms with Gasteiger partial charge >= 0.3 is 0 Å². The van der Waals surface area contributed by atoms with Crippen LogP contribution in [-0.4, -0.2) is 11.7 Å². The first-order valence-corrected chi connectivity index (χ1v) is 4.46. The molecule has 0 amide bonds. The van der Waals surface area contributed by atoms with E-state index in [9.17, 15) is 0 Å². The molecule has 0 bridgehead atoms. The lowest BCUT2D eigenvalue weighted by molar-refractivity contribution is -0.705. The van der Waals surface area contributed by atoms with Gasteiger partial charge in [-0.2, -0.15) is 0 Å². The Kier molecular flexibility index (Phi) is 6.55. The Bertz CT molecular complexity index is 215. The summed E-state index contributed by atoms with van der Waals surface area (Å²) >= 11 is 0. The Morgan fingerprint density at radius 1 is 1.38 bits per heavy atom. The second-order valence-corrected chi connectivity index (χ2v) is 2.86. The zero-order valence-corrected chi connectivity index (χ0v) is 8.67. The highest BCUT2D eigenvalue weighted by Gasteiger charge is 2.05. The zero-order chi connectivity index (χ0) is 8.81. The van der Waals surface area contributed by atoms with Crippen LogP contribution in [0, 0.1) is 0 Å². The van der Waals surface area contributed by atoms with E-state index >= 15 is 0 Å². The summed E-state index contributed by atoms with van der Waals surface area (Å²) in [4.78, 5) is 0. The van der Waals surface area contributed by atoms with Crippen molar-refractivity contribution >= 4 is 0 Å². The molecule has 1 heterocycles. The van der Waals surface area contributed by atoms with Gasteiger partial charge in [-0.25, -0.2) is 4.57 Å². The second-order valence-electron chi connectivity index (χ2n) is 2.86. The summed E-state index contributed by atoms with van der Waals surface area (Å²) in [5.74, 6) is 0. The average molecular weight is 202 g/mol. The summed E-state index contributed by atoms with van der Waals surface area (Å²) in [6.07, 6.45) is 4.25. The largest absolute Gasteiger partial charge is 1.00 e. The van der Waals surface area contributed by atoms with Gasteiger partial charge in [0, 0.05) is 18.6 Å². The van der Waals surface area contributed by atoms with Crippen molar-refractivity contribution in [3.63, 3.8) is 0 Å². The molecule has 2 nitrogen and oxygen atoms in total. The van der Waals surface area contributed by atoms with E-state index in [2.05, 4.69) is 17.6 Å². The van der Waals surface area contributed by atoms with Crippen LogP contribution in [-0.2, 0) is 13.0 Å². The summed E-state index contributed by atoms with van der Waals surface area (Å²) in [6, 6.07) is 6.15. The number of aromatic nitrogens is 1. The molecule has 0 saturated carbocycles. The predicted octanol–water partition coefficient (Wildman–Crippen LogP) is -2.08. The summed E-state index contributed by atoms with van der Waals surface area (Å²) in [6.45, 7) is 3.08. The maximum Gasteiger partial charge on any atom is 0.181 e. The number of aliphatic hydroxyl groups excluding tert-OH is 1. The summed E-state index contributed by atoms with van der Waals surface area (Å²) in [5.41, 5.74) is 1.30. The normalized spacial score (nSPS) is 9.38. The minimum Gasteiger partial charge on any atom is -1.00 e. The summed E-state index contributed by atoms with van der Waals surface area (Å²) in [5, 5.41) is 8.79. The number of aryl methyl sites for hydroxylation is 1. The number of halogens is 1. The number of rotatable bonds is 4. The van der Waals surface area contributed by atoms with Crippen LogP contribution in [0.5, 0.6) is 0 Å². The molecule has 13 heavy (non-hydrogen) atoms. The first kappa shape index (κ1) is 12.4. The highest BCUT2D eigenvalue weighted by atomic mass is 35.5. The minimum atomic E-state index is 0. The van der Waals surface area contributed by atoms with Gasteiger partial charge in [-0.3, -0.25) is 0 Å². The van der Waals surface area contributed by atoms with E-state index in [1.54, 1.807) is 0 Å². The topological polar surface area (TPSA) is 24.1 Å². The van der Waals surface area contributed by atoms with Crippen LogP contribution < -0.4 is 17.0 Å². The molecule has 0 aliphatic heterocycles. The molecule has 0 aliphatic rings. The van der Waals surface area contributed by atoms with E-state index in [1.165, 1.54) is 5.69 Å². The number of hydrogen-bond donors (Lipinski definition) is 1. The monoisotopic (exact) mass is 201 g/mol. The van der Waals surface area contributed by atoms with Gasteiger partial charge in [0.2, 0.25) is 0 Å². The number of aliphatic hydroxyl groups is 1. The summed E-state index contributed by atoms with van der Waals surface area (Å²) < 4.78 is 2.10. The molecule has 0 aromatic carbocycles. The van der Waals surface area contributed by atoms with E-state index < -0.39 is 0 Å². The van der Waals surface area contributed by atoms with Crippen molar-refractivity contribution in [3.05, 3.63) is 30.1 Å². The molecule has 0 atom stereocenters. The molecule has 1 rings (SSSR count). The maximum absolute atomic E-state index is 8.79. The Hall–Kier alpha value is -0.600. The fourth-order valence-corrected chi connectivity index (χ4v) is 1.32. The van der Waals surface area contributed by atoms with E-state index in [4.69, 9.17) is 5.11 Å². The molecule has 0 aliphatic carbocycles. The Labute approximate surface area is 85.6 Å². The molecular formula is C10H16ClNO. The van der Waals surface area contributed by atoms with E-state index in [1.807, 2.05) is 18.3 Å². The van der Waals surface area contributed by atoms with Gasteiger partial charge < -0.3 is 17.5 Å². The second kappa shape index (κ2) is 6.87. The number of pyridine rings is 1. The Morgan fingerprint density at radius 2 is 2.15 bits per heavy atom. The Morgan fingerprint density at radius 3 is 2.77 bits per heavy atom. The first-order chi connectivity index (χ1) is 5.88. The molecule has 0 unspecified atom stereocenters. The highest BCUT2D eigenvalue weighted by molar-refractivity contribution is 4.96. The highest BCUT2D eigenvalue weighted by Crippen LogP contribution is 1.95. The minimum absolute atomic E-state index is 0. The maximum atomic E-state index is 8.79. The van der Waals surface area contributed by atoms with Crippen LogP contribution in [0.25, 0.3) is 0 Å². The number of hydrogen-bond acceptors (Lipinski definition) is 1. The van der Waals surface area contributed by atoms with Gasteiger partial charge in [0.05, 0.1) is 0 Å². The first-order valence-electron chi connectivity index (χ1n) is 4.46. The van der Waals surface area contributed by atoms with Crippen LogP contribution in [0.1, 0.15) is 19.0 Å². The molecule has 1 N–H and O–H groups in total. The number of nitrogens with zero attached hydrogens (tertiary/aromatic N) is 1. The lowest BCUT2D eigenvalue weighted by Crippen LogP contribution is -3.00. The fourth-order valence-electron chi connectivity index (χ4n) is 1.32. The van der Waals surface area contributed by atoms with Crippen LogP contribution in [0.2, 0.25) is 0 Å². The molecule has 0 spiro atoms. The van der Waals surface area contributed by atoms with E-state index in [0.29, 0.717) is 6.54 Å². The van der Waals surface area contributed by atoms with Gasteiger partial charge in [-0.05, 0) is 6.42 Å². The lowest BCUT2D eigenvalue weighted by Gasteiger charge is -1.99. The summed E-state index contributed by atoms with van der Waals surface area (Å²) in [7, 11) is 0. The zero-order valence-electron chi connectivity index (χ0n) is 7.91. The van der Waals surface area contributed by atoms with Gasteiger partial charge in [0.25, 0.3) is 0 Å². The van der Waals surface area contributed by atoms with Crippen molar-refractivity contribution in [1.29, 1.82) is 0 Å². The van der Waals surface area contributed by atoms with Gasteiger partial charge in [-0.1, -0.05) is 13.0 Å². The molecule has 3 heteroatoms. The molecule has 1 aromatic heterocycles. The molecule has 1 aromatic rings. The molecular weight excluding hydrogens is 186 g/mol. The molecule has 0 saturated heterocycles. The third kappa shape index (κ3) is 3.75. The van der Waals surface area contributed by atoms with Crippen molar-refractivity contribution < 1.29 is 22.1 Å². The quantitative estimate of drug-likeness (QED) is 0.556. The molecule has 0 radical (unpaired) electrons. The van der Waals surface area contributed by atoms with Gasteiger partial charge in [-0.15, -0.1) is 0 Å². The van der Waals surface area contributed by atoms with Gasteiger partial charge in [0.1, 0.15) is 6.61 Å². The van der Waals surface area contributed by atoms with Crippen molar-refractivity contribution in [2.45, 2.75) is 26.3 Å². The predicted molar refractivity (Wildman–Crippen MR) is 47.7 cm³/mol. The molecule has 74 valence electrons. The van der Waals surface area contributed by atoms with Crippen molar-refractivity contribution in [2.75, 3.05) is 6.61 Å². The van der Waals surface area contributed by atoms with Crippen LogP contribution in [0.15, 0.2) is 24.4 Å². The Balaban J connectivity index is 0.00000144. The van der Waals surface area contributed by atoms with E-state index in [0.717, 1.165) is 12.8 Å². The average Bonchev–Trinajstić information content (AvgIpc) is 2.09. The SMILES string of the molecule is CCCc1cccc[n+]1CCO.[Cl-]. The molecule has 0 fully saturated rings. The van der Waals surface area contributed by atoms with Crippen molar-refractivity contribution in [1.82, 2.24) is 0 Å². The van der Waals surface area contributed by atoms with Crippen LogP contribution >= 0.6 is 0 Å². The van der Waals surface area contributed by atoms with Gasteiger partial charge in [0.15, 0.2) is 18.4 Å². The lowest BCUT2D eigenvalue weighted by atomic mass is 10.2. The van der Waals surface area contributed by atoms with E-state index in [-0.39, 0.29) is 19.0 Å².